The van der Waals surface area contributed by atoms with Crippen LogP contribution in [0.4, 0.5) is 0 Å². The average molecular weight is 379 g/mol. The zero-order chi connectivity index (χ0) is 18.6. The molecule has 0 aliphatic carbocycles. The summed E-state index contributed by atoms with van der Waals surface area (Å²) in [7, 11) is 3.08. The molecular formula is C19H17N5O2S. The van der Waals surface area contributed by atoms with Crippen molar-refractivity contribution in [3.8, 4) is 23.1 Å². The zero-order valence-electron chi connectivity index (χ0n) is 14.9. The SMILES string of the molecule is COc1ncc(-c2cc(CSc3ccccc3)c3nccn3n2)c(OC)n1. The number of thioether (sulfide) groups is 1. The van der Waals surface area contributed by atoms with Gasteiger partial charge in [0.25, 0.3) is 0 Å². The van der Waals surface area contributed by atoms with Crippen molar-refractivity contribution in [2.45, 2.75) is 10.6 Å². The van der Waals surface area contributed by atoms with Crippen molar-refractivity contribution >= 4 is 17.4 Å². The third-order valence-electron chi connectivity index (χ3n) is 3.96. The number of benzene rings is 1. The van der Waals surface area contributed by atoms with Crippen molar-refractivity contribution in [3.05, 3.63) is 60.6 Å². The lowest BCUT2D eigenvalue weighted by atomic mass is 10.2. The molecule has 0 saturated carbocycles. The highest BCUT2D eigenvalue weighted by molar-refractivity contribution is 7.98. The molecule has 4 aromatic rings. The molecule has 0 saturated heterocycles. The molecule has 4 rings (SSSR count). The maximum Gasteiger partial charge on any atom is 0.319 e. The summed E-state index contributed by atoms with van der Waals surface area (Å²) in [6.07, 6.45) is 5.22. The van der Waals surface area contributed by atoms with Crippen LogP contribution in [0.3, 0.4) is 0 Å². The first-order chi connectivity index (χ1) is 13.3. The standard InChI is InChI=1S/C19H17N5O2S/c1-25-18-15(11-21-19(22-18)26-2)16-10-13(17-20-8-9-24(17)23-16)12-27-14-6-4-3-5-7-14/h3-11H,12H2,1-2H3. The number of hydrogen-bond acceptors (Lipinski definition) is 7. The van der Waals surface area contributed by atoms with Crippen molar-refractivity contribution in [2.24, 2.45) is 0 Å². The van der Waals surface area contributed by atoms with Crippen LogP contribution in [0.2, 0.25) is 0 Å². The predicted molar refractivity (Wildman–Crippen MR) is 103 cm³/mol. The van der Waals surface area contributed by atoms with Crippen molar-refractivity contribution in [1.29, 1.82) is 0 Å². The third-order valence-corrected chi connectivity index (χ3v) is 5.02. The molecule has 0 spiro atoms. The van der Waals surface area contributed by atoms with Crippen LogP contribution >= 0.6 is 11.8 Å². The summed E-state index contributed by atoms with van der Waals surface area (Å²) >= 11 is 1.75. The predicted octanol–water partition coefficient (Wildman–Crippen LogP) is 3.50. The molecule has 1 aromatic carbocycles. The lowest BCUT2D eigenvalue weighted by molar-refractivity contribution is 0.353. The fourth-order valence-corrected chi connectivity index (χ4v) is 3.56. The molecule has 136 valence electrons. The van der Waals surface area contributed by atoms with Crippen LogP contribution in [0.15, 0.2) is 59.9 Å². The highest BCUT2D eigenvalue weighted by atomic mass is 32.2. The second-order valence-electron chi connectivity index (χ2n) is 5.63. The number of aromatic nitrogens is 5. The molecule has 0 bridgehead atoms. The molecule has 3 aromatic heterocycles. The van der Waals surface area contributed by atoms with E-state index in [0.717, 1.165) is 17.0 Å². The van der Waals surface area contributed by atoms with Crippen LogP contribution in [0.5, 0.6) is 11.9 Å². The lowest BCUT2D eigenvalue weighted by Crippen LogP contribution is -2.02. The fraction of sp³-hybridized carbons (Fsp3) is 0.158. The summed E-state index contributed by atoms with van der Waals surface area (Å²) in [5, 5.41) is 4.63. The smallest absolute Gasteiger partial charge is 0.319 e. The molecule has 0 atom stereocenters. The summed E-state index contributed by atoms with van der Waals surface area (Å²) in [5.41, 5.74) is 3.30. The van der Waals surface area contributed by atoms with E-state index in [1.54, 1.807) is 35.8 Å². The second kappa shape index (κ2) is 7.63. The molecule has 7 nitrogen and oxygen atoms in total. The Hall–Kier alpha value is -3.13. The van der Waals surface area contributed by atoms with E-state index in [0.29, 0.717) is 17.1 Å². The quantitative estimate of drug-likeness (QED) is 0.475. The van der Waals surface area contributed by atoms with Crippen LogP contribution in [-0.4, -0.2) is 38.8 Å². The van der Waals surface area contributed by atoms with E-state index in [-0.39, 0.29) is 6.01 Å². The Labute approximate surface area is 160 Å². The van der Waals surface area contributed by atoms with Crippen LogP contribution in [0.1, 0.15) is 5.56 Å². The molecule has 0 N–H and O–H groups in total. The molecule has 8 heteroatoms. The van der Waals surface area contributed by atoms with Gasteiger partial charge in [-0.15, -0.1) is 11.8 Å². The molecule has 0 amide bonds. The van der Waals surface area contributed by atoms with Crippen LogP contribution in [-0.2, 0) is 5.75 Å². The first kappa shape index (κ1) is 17.3. The molecule has 0 aliphatic rings. The molecule has 0 aliphatic heterocycles. The van der Waals surface area contributed by atoms with E-state index < -0.39 is 0 Å². The van der Waals surface area contributed by atoms with Gasteiger partial charge in [0.1, 0.15) is 0 Å². The average Bonchev–Trinajstić information content (AvgIpc) is 3.21. The number of ether oxygens (including phenoxy) is 2. The lowest BCUT2D eigenvalue weighted by Gasteiger charge is -2.10. The minimum absolute atomic E-state index is 0.249. The summed E-state index contributed by atoms with van der Waals surface area (Å²) in [5.74, 6) is 1.18. The highest BCUT2D eigenvalue weighted by Crippen LogP contribution is 2.31. The van der Waals surface area contributed by atoms with Crippen molar-refractivity contribution in [2.75, 3.05) is 14.2 Å². The van der Waals surface area contributed by atoms with Crippen LogP contribution in [0, 0.1) is 0 Å². The van der Waals surface area contributed by atoms with E-state index in [9.17, 15) is 0 Å². The molecule has 0 fully saturated rings. The molecule has 0 radical (unpaired) electrons. The number of rotatable bonds is 6. The summed E-state index contributed by atoms with van der Waals surface area (Å²) in [6, 6.07) is 12.5. The van der Waals surface area contributed by atoms with Gasteiger partial charge in [0.05, 0.1) is 25.5 Å². The summed E-state index contributed by atoms with van der Waals surface area (Å²) in [6.45, 7) is 0. The van der Waals surface area contributed by atoms with Crippen LogP contribution in [0.25, 0.3) is 16.9 Å². The monoisotopic (exact) mass is 379 g/mol. The summed E-state index contributed by atoms with van der Waals surface area (Å²) < 4.78 is 12.2. The number of fused-ring (bicyclic) bond motifs is 1. The van der Waals surface area contributed by atoms with Gasteiger partial charge in [0.15, 0.2) is 5.65 Å². The first-order valence-electron chi connectivity index (χ1n) is 8.25. The third kappa shape index (κ3) is 3.56. The molecule has 27 heavy (non-hydrogen) atoms. The fourth-order valence-electron chi connectivity index (χ4n) is 2.68. The summed E-state index contributed by atoms with van der Waals surface area (Å²) in [4.78, 5) is 14.1. The van der Waals surface area contributed by atoms with E-state index in [4.69, 9.17) is 9.47 Å². The zero-order valence-corrected chi connectivity index (χ0v) is 15.7. The van der Waals surface area contributed by atoms with Gasteiger partial charge in [-0.05, 0) is 18.2 Å². The number of methoxy groups -OCH3 is 2. The van der Waals surface area contributed by atoms with Gasteiger partial charge in [-0.3, -0.25) is 0 Å². The van der Waals surface area contributed by atoms with E-state index in [1.165, 1.54) is 12.0 Å². The maximum atomic E-state index is 5.40. The maximum absolute atomic E-state index is 5.40. The van der Waals surface area contributed by atoms with Gasteiger partial charge in [0, 0.05) is 34.8 Å². The number of nitrogens with zero attached hydrogens (tertiary/aromatic N) is 5. The molecular weight excluding hydrogens is 362 g/mol. The Morgan fingerprint density at radius 3 is 2.70 bits per heavy atom. The Kier molecular flexibility index (Phi) is 4.88. The number of hydrogen-bond donors (Lipinski definition) is 0. The van der Waals surface area contributed by atoms with Gasteiger partial charge in [0.2, 0.25) is 5.88 Å². The molecule has 3 heterocycles. The highest BCUT2D eigenvalue weighted by Gasteiger charge is 2.15. The minimum Gasteiger partial charge on any atom is -0.480 e. The first-order valence-corrected chi connectivity index (χ1v) is 9.23. The van der Waals surface area contributed by atoms with Gasteiger partial charge >= 0.3 is 6.01 Å². The Morgan fingerprint density at radius 1 is 1.07 bits per heavy atom. The van der Waals surface area contributed by atoms with Gasteiger partial charge in [-0.25, -0.2) is 14.5 Å². The normalized spacial score (nSPS) is 10.9. The van der Waals surface area contributed by atoms with Gasteiger partial charge in [-0.2, -0.15) is 10.1 Å². The molecule has 0 unspecified atom stereocenters. The largest absolute Gasteiger partial charge is 0.480 e. The Bertz CT molecular complexity index is 1070. The topological polar surface area (TPSA) is 74.4 Å². The number of imidazole rings is 1. The van der Waals surface area contributed by atoms with Crippen molar-refractivity contribution in [3.63, 3.8) is 0 Å². The van der Waals surface area contributed by atoms with Gasteiger partial charge in [-0.1, -0.05) is 18.2 Å². The van der Waals surface area contributed by atoms with Crippen molar-refractivity contribution < 1.29 is 9.47 Å². The van der Waals surface area contributed by atoms with Crippen molar-refractivity contribution in [1.82, 2.24) is 24.6 Å². The van der Waals surface area contributed by atoms with E-state index in [2.05, 4.69) is 32.2 Å². The minimum atomic E-state index is 0.249. The van der Waals surface area contributed by atoms with Crippen LogP contribution < -0.4 is 9.47 Å². The van der Waals surface area contributed by atoms with E-state index >= 15 is 0 Å². The Balaban J connectivity index is 1.74. The van der Waals surface area contributed by atoms with Gasteiger partial charge < -0.3 is 9.47 Å². The Morgan fingerprint density at radius 2 is 1.93 bits per heavy atom. The van der Waals surface area contributed by atoms with E-state index in [1.807, 2.05) is 30.5 Å². The second-order valence-corrected chi connectivity index (χ2v) is 6.68.